The summed E-state index contributed by atoms with van der Waals surface area (Å²) in [5.74, 6) is 0. The first-order chi connectivity index (χ1) is 10.4. The fourth-order valence-corrected chi connectivity index (χ4v) is 3.97. The predicted molar refractivity (Wildman–Crippen MR) is 80.9 cm³/mol. The van der Waals surface area contributed by atoms with E-state index in [1.807, 2.05) is 0 Å². The third-order valence-electron chi connectivity index (χ3n) is 3.30. The van der Waals surface area contributed by atoms with Crippen LogP contribution in [-0.4, -0.2) is 12.4 Å². The van der Waals surface area contributed by atoms with Gasteiger partial charge >= 0.3 is 0 Å². The minimum absolute atomic E-state index is 0.0541. The number of halogens is 3. The lowest BCUT2D eigenvalue weighted by atomic mass is 10.2. The standard InChI is InChI=1S/C15H10ClF2NO2S/c16-10-4-3-5-11(8-10)22(20,21)19-9-13(15(17)18)12-6-1-2-7-14(12)19/h1-9,15H. The van der Waals surface area contributed by atoms with E-state index in [1.54, 1.807) is 18.2 Å². The van der Waals surface area contributed by atoms with Crippen LogP contribution in [0.5, 0.6) is 0 Å². The van der Waals surface area contributed by atoms with Crippen molar-refractivity contribution in [3.63, 3.8) is 0 Å². The lowest BCUT2D eigenvalue weighted by Gasteiger charge is -2.07. The van der Waals surface area contributed by atoms with Gasteiger partial charge in [-0.25, -0.2) is 21.2 Å². The van der Waals surface area contributed by atoms with Crippen LogP contribution in [0.15, 0.2) is 59.6 Å². The van der Waals surface area contributed by atoms with Crippen LogP contribution in [0.2, 0.25) is 5.02 Å². The molecule has 0 spiro atoms. The summed E-state index contributed by atoms with van der Waals surface area (Å²) in [5, 5.41) is 0.467. The summed E-state index contributed by atoms with van der Waals surface area (Å²) >= 11 is 5.82. The number of para-hydroxylation sites is 1. The molecule has 114 valence electrons. The molecule has 0 bridgehead atoms. The van der Waals surface area contributed by atoms with Crippen molar-refractivity contribution >= 4 is 32.5 Å². The molecule has 3 aromatic rings. The minimum Gasteiger partial charge on any atom is -0.241 e. The summed E-state index contributed by atoms with van der Waals surface area (Å²) in [7, 11) is -4.00. The van der Waals surface area contributed by atoms with Crippen LogP contribution in [0.25, 0.3) is 10.9 Å². The predicted octanol–water partition coefficient (Wildman–Crippen LogP) is 4.47. The van der Waals surface area contributed by atoms with E-state index in [1.165, 1.54) is 30.3 Å². The van der Waals surface area contributed by atoms with E-state index in [4.69, 9.17) is 11.6 Å². The maximum Gasteiger partial charge on any atom is 0.268 e. The van der Waals surface area contributed by atoms with Gasteiger partial charge in [0.2, 0.25) is 0 Å². The van der Waals surface area contributed by atoms with Crippen molar-refractivity contribution in [2.75, 3.05) is 0 Å². The average molecular weight is 342 g/mol. The highest BCUT2D eigenvalue weighted by atomic mass is 35.5. The Morgan fingerprint density at radius 3 is 2.45 bits per heavy atom. The number of rotatable bonds is 3. The van der Waals surface area contributed by atoms with E-state index in [0.29, 0.717) is 0 Å². The summed E-state index contributed by atoms with van der Waals surface area (Å²) in [6.07, 6.45) is -1.80. The Kier molecular flexibility index (Phi) is 3.66. The van der Waals surface area contributed by atoms with E-state index in [-0.39, 0.29) is 26.4 Å². The Labute approximate surface area is 130 Å². The van der Waals surface area contributed by atoms with E-state index >= 15 is 0 Å². The van der Waals surface area contributed by atoms with E-state index < -0.39 is 16.4 Å². The molecule has 3 rings (SSSR count). The van der Waals surface area contributed by atoms with Crippen molar-refractivity contribution in [2.24, 2.45) is 0 Å². The van der Waals surface area contributed by atoms with Crippen LogP contribution in [0.4, 0.5) is 8.78 Å². The van der Waals surface area contributed by atoms with Crippen molar-refractivity contribution in [1.82, 2.24) is 3.97 Å². The van der Waals surface area contributed by atoms with Crippen molar-refractivity contribution in [2.45, 2.75) is 11.3 Å². The van der Waals surface area contributed by atoms with Gasteiger partial charge in [-0.05, 0) is 24.3 Å². The zero-order valence-electron chi connectivity index (χ0n) is 11.1. The molecule has 0 aliphatic carbocycles. The molecule has 0 atom stereocenters. The second kappa shape index (κ2) is 5.37. The molecule has 0 fully saturated rings. The van der Waals surface area contributed by atoms with Crippen LogP contribution < -0.4 is 0 Å². The fraction of sp³-hybridized carbons (Fsp3) is 0.0667. The van der Waals surface area contributed by atoms with Crippen LogP contribution in [0.1, 0.15) is 12.0 Å². The zero-order valence-corrected chi connectivity index (χ0v) is 12.7. The molecule has 0 aliphatic rings. The minimum atomic E-state index is -4.00. The molecule has 1 aromatic heterocycles. The summed E-state index contributed by atoms with van der Waals surface area (Å²) in [5.41, 5.74) is -0.112. The van der Waals surface area contributed by atoms with Gasteiger partial charge < -0.3 is 0 Å². The monoisotopic (exact) mass is 341 g/mol. The van der Waals surface area contributed by atoms with Gasteiger partial charge in [0, 0.05) is 22.2 Å². The van der Waals surface area contributed by atoms with Gasteiger partial charge in [-0.3, -0.25) is 0 Å². The van der Waals surface area contributed by atoms with Crippen LogP contribution >= 0.6 is 11.6 Å². The Bertz CT molecular complexity index is 951. The largest absolute Gasteiger partial charge is 0.268 e. The van der Waals surface area contributed by atoms with Crippen molar-refractivity contribution < 1.29 is 17.2 Å². The van der Waals surface area contributed by atoms with Gasteiger partial charge in [-0.2, -0.15) is 0 Å². The Hall–Kier alpha value is -1.92. The summed E-state index contributed by atoms with van der Waals surface area (Å²) in [6.45, 7) is 0. The summed E-state index contributed by atoms with van der Waals surface area (Å²) < 4.78 is 52.5. The molecule has 3 nitrogen and oxygen atoms in total. The van der Waals surface area contributed by atoms with E-state index in [0.717, 1.165) is 10.2 Å². The number of aromatic nitrogens is 1. The average Bonchev–Trinajstić information content (AvgIpc) is 2.87. The van der Waals surface area contributed by atoms with Gasteiger partial charge in [0.15, 0.2) is 0 Å². The number of hydrogen-bond donors (Lipinski definition) is 0. The van der Waals surface area contributed by atoms with Crippen molar-refractivity contribution in [3.05, 3.63) is 65.3 Å². The molecule has 2 aromatic carbocycles. The Morgan fingerprint density at radius 1 is 1.05 bits per heavy atom. The number of alkyl halides is 2. The van der Waals surface area contributed by atoms with Gasteiger partial charge in [-0.1, -0.05) is 35.9 Å². The topological polar surface area (TPSA) is 39.1 Å². The Morgan fingerprint density at radius 2 is 1.77 bits per heavy atom. The summed E-state index contributed by atoms with van der Waals surface area (Å²) in [6, 6.07) is 11.8. The van der Waals surface area contributed by atoms with Crippen molar-refractivity contribution in [3.8, 4) is 0 Å². The maximum atomic E-state index is 13.1. The highest BCUT2D eigenvalue weighted by Crippen LogP contribution is 2.32. The van der Waals surface area contributed by atoms with Gasteiger partial charge in [0.1, 0.15) is 0 Å². The number of nitrogens with zero attached hydrogens (tertiary/aromatic N) is 1. The lowest BCUT2D eigenvalue weighted by molar-refractivity contribution is 0.153. The highest BCUT2D eigenvalue weighted by molar-refractivity contribution is 7.90. The molecule has 0 saturated carbocycles. The molecular formula is C15H10ClF2NO2S. The van der Waals surface area contributed by atoms with Crippen molar-refractivity contribution in [1.29, 1.82) is 0 Å². The molecular weight excluding hydrogens is 332 g/mol. The second-order valence-electron chi connectivity index (χ2n) is 4.66. The molecule has 0 saturated heterocycles. The van der Waals surface area contributed by atoms with Gasteiger partial charge in [-0.15, -0.1) is 0 Å². The quantitative estimate of drug-likeness (QED) is 0.705. The van der Waals surface area contributed by atoms with Gasteiger partial charge in [0.25, 0.3) is 16.4 Å². The molecule has 0 aliphatic heterocycles. The maximum absolute atomic E-state index is 13.1. The molecule has 0 N–H and O–H groups in total. The molecule has 0 radical (unpaired) electrons. The first-order valence-corrected chi connectivity index (χ1v) is 8.12. The molecule has 22 heavy (non-hydrogen) atoms. The number of benzene rings is 2. The first kappa shape index (κ1) is 15.0. The first-order valence-electron chi connectivity index (χ1n) is 6.30. The normalized spacial score (nSPS) is 12.2. The van der Waals surface area contributed by atoms with Gasteiger partial charge in [0.05, 0.1) is 10.4 Å². The lowest BCUT2D eigenvalue weighted by Crippen LogP contribution is -2.11. The highest BCUT2D eigenvalue weighted by Gasteiger charge is 2.24. The molecule has 0 unspecified atom stereocenters. The number of hydrogen-bond acceptors (Lipinski definition) is 2. The third-order valence-corrected chi connectivity index (χ3v) is 5.20. The second-order valence-corrected chi connectivity index (χ2v) is 6.91. The molecule has 0 amide bonds. The molecule has 7 heteroatoms. The summed E-state index contributed by atoms with van der Waals surface area (Å²) in [4.78, 5) is -0.0541. The van der Waals surface area contributed by atoms with E-state index in [9.17, 15) is 17.2 Å². The zero-order chi connectivity index (χ0) is 15.9. The fourth-order valence-electron chi connectivity index (χ4n) is 2.29. The van der Waals surface area contributed by atoms with E-state index in [2.05, 4.69) is 0 Å². The van der Waals surface area contributed by atoms with Crippen LogP contribution in [0.3, 0.4) is 0 Å². The van der Waals surface area contributed by atoms with Crippen LogP contribution in [-0.2, 0) is 10.0 Å². The Balaban J connectivity index is 2.30. The molecule has 1 heterocycles. The van der Waals surface area contributed by atoms with Crippen LogP contribution in [0, 0.1) is 0 Å². The SMILES string of the molecule is O=S(=O)(c1cccc(Cl)c1)n1cc(C(F)F)c2ccccc21. The number of fused-ring (bicyclic) bond motifs is 1. The third kappa shape index (κ3) is 2.38. The smallest absolute Gasteiger partial charge is 0.241 e.